The fourth-order valence-electron chi connectivity index (χ4n) is 1.22. The second-order valence-corrected chi connectivity index (χ2v) is 4.78. The average Bonchev–Trinajstić information content (AvgIpc) is 2.63. The van der Waals surface area contributed by atoms with Crippen molar-refractivity contribution in [3.63, 3.8) is 0 Å². The highest BCUT2D eigenvalue weighted by Gasteiger charge is 2.09. The zero-order valence-corrected chi connectivity index (χ0v) is 10.7. The zero-order chi connectivity index (χ0) is 12.8. The third-order valence-electron chi connectivity index (χ3n) is 2.26. The molecule has 1 aromatic rings. The van der Waals surface area contributed by atoms with Gasteiger partial charge in [0.05, 0.1) is 12.1 Å². The lowest BCUT2D eigenvalue weighted by Gasteiger charge is -2.09. The Morgan fingerprint density at radius 1 is 1.53 bits per heavy atom. The standard InChI is InChI=1S/C11H16N2O3S/c1-3-7(2)12-9(14)5-10-13-8(6-17-10)4-11(15)16/h6-7H,3-5H2,1-2H3,(H,12,14)(H,15,16)/p-1/t7-/m0/s1. The van der Waals surface area contributed by atoms with Gasteiger partial charge in [0.25, 0.3) is 0 Å². The number of amides is 1. The third kappa shape index (κ3) is 4.95. The van der Waals surface area contributed by atoms with Gasteiger partial charge >= 0.3 is 0 Å². The van der Waals surface area contributed by atoms with E-state index in [9.17, 15) is 14.7 Å². The van der Waals surface area contributed by atoms with E-state index in [2.05, 4.69) is 10.3 Å². The monoisotopic (exact) mass is 255 g/mol. The average molecular weight is 255 g/mol. The Balaban J connectivity index is 2.48. The smallest absolute Gasteiger partial charge is 0.227 e. The molecule has 0 aliphatic heterocycles. The van der Waals surface area contributed by atoms with Crippen LogP contribution in [-0.4, -0.2) is 22.9 Å². The minimum absolute atomic E-state index is 0.0892. The molecule has 17 heavy (non-hydrogen) atoms. The van der Waals surface area contributed by atoms with Crippen LogP contribution in [0.1, 0.15) is 31.0 Å². The Hall–Kier alpha value is -1.43. The molecule has 0 spiro atoms. The Morgan fingerprint density at radius 3 is 2.82 bits per heavy atom. The largest absolute Gasteiger partial charge is 0.550 e. The van der Waals surface area contributed by atoms with E-state index in [0.29, 0.717) is 10.7 Å². The summed E-state index contributed by atoms with van der Waals surface area (Å²) in [4.78, 5) is 26.0. The van der Waals surface area contributed by atoms with E-state index < -0.39 is 5.97 Å². The van der Waals surface area contributed by atoms with E-state index in [1.54, 1.807) is 5.38 Å². The van der Waals surface area contributed by atoms with Gasteiger partial charge in [0.2, 0.25) is 5.91 Å². The van der Waals surface area contributed by atoms with Gasteiger partial charge in [-0.15, -0.1) is 11.3 Å². The maximum atomic E-state index is 11.5. The predicted octanol–water partition coefficient (Wildman–Crippen LogP) is -0.107. The van der Waals surface area contributed by atoms with Crippen molar-refractivity contribution in [2.24, 2.45) is 0 Å². The summed E-state index contributed by atoms with van der Waals surface area (Å²) in [6.07, 6.45) is 0.866. The van der Waals surface area contributed by atoms with E-state index in [-0.39, 0.29) is 24.8 Å². The van der Waals surface area contributed by atoms with E-state index in [1.807, 2.05) is 13.8 Å². The van der Waals surface area contributed by atoms with Crippen LogP contribution in [0.25, 0.3) is 0 Å². The van der Waals surface area contributed by atoms with Crippen molar-refractivity contribution in [3.8, 4) is 0 Å². The number of thiazole rings is 1. The molecule has 0 saturated heterocycles. The van der Waals surface area contributed by atoms with Gasteiger partial charge in [-0.3, -0.25) is 4.79 Å². The molecular weight excluding hydrogens is 240 g/mol. The molecule has 94 valence electrons. The summed E-state index contributed by atoms with van der Waals surface area (Å²) in [6.45, 7) is 3.92. The topological polar surface area (TPSA) is 82.1 Å². The molecule has 1 heterocycles. The Morgan fingerprint density at radius 2 is 2.24 bits per heavy atom. The summed E-state index contributed by atoms with van der Waals surface area (Å²) < 4.78 is 0. The first-order valence-corrected chi connectivity index (χ1v) is 6.31. The molecule has 0 radical (unpaired) electrons. The number of aromatic nitrogens is 1. The highest BCUT2D eigenvalue weighted by molar-refractivity contribution is 7.09. The number of carboxylic acids is 1. The number of nitrogens with one attached hydrogen (secondary N) is 1. The van der Waals surface area contributed by atoms with Crippen molar-refractivity contribution < 1.29 is 14.7 Å². The number of rotatable bonds is 6. The molecule has 0 aliphatic rings. The predicted molar refractivity (Wildman–Crippen MR) is 62.4 cm³/mol. The minimum Gasteiger partial charge on any atom is -0.550 e. The summed E-state index contributed by atoms with van der Waals surface area (Å²) >= 11 is 1.29. The number of hydrogen-bond donors (Lipinski definition) is 1. The van der Waals surface area contributed by atoms with Gasteiger partial charge in [-0.25, -0.2) is 4.98 Å². The van der Waals surface area contributed by atoms with Gasteiger partial charge in [0.1, 0.15) is 5.01 Å². The van der Waals surface area contributed by atoms with Gasteiger partial charge in [-0.2, -0.15) is 0 Å². The molecule has 6 heteroatoms. The molecule has 0 bridgehead atoms. The summed E-state index contributed by atoms with van der Waals surface area (Å²) in [5.74, 6) is -1.25. The second kappa shape index (κ2) is 6.34. The quantitative estimate of drug-likeness (QED) is 0.769. The minimum atomic E-state index is -1.16. The third-order valence-corrected chi connectivity index (χ3v) is 3.15. The van der Waals surface area contributed by atoms with Crippen LogP contribution >= 0.6 is 11.3 Å². The molecule has 0 unspecified atom stereocenters. The Labute approximate surface area is 104 Å². The SMILES string of the molecule is CC[C@H](C)NC(=O)Cc1nc(CC(=O)[O-])cs1. The number of carbonyl (C=O) groups excluding carboxylic acids is 2. The number of aliphatic carboxylic acids is 1. The van der Waals surface area contributed by atoms with Gasteiger partial charge in [-0.05, 0) is 13.3 Å². The molecule has 1 N–H and O–H groups in total. The number of nitrogens with zero attached hydrogens (tertiary/aromatic N) is 1. The maximum absolute atomic E-state index is 11.5. The van der Waals surface area contributed by atoms with E-state index >= 15 is 0 Å². The maximum Gasteiger partial charge on any atom is 0.227 e. The zero-order valence-electron chi connectivity index (χ0n) is 9.86. The second-order valence-electron chi connectivity index (χ2n) is 3.83. The first kappa shape index (κ1) is 13.6. The fourth-order valence-corrected chi connectivity index (χ4v) is 2.02. The molecule has 1 atom stereocenters. The van der Waals surface area contributed by atoms with Crippen molar-refractivity contribution in [3.05, 3.63) is 16.1 Å². The molecule has 0 fully saturated rings. The van der Waals surface area contributed by atoms with Crippen molar-refractivity contribution in [1.29, 1.82) is 0 Å². The van der Waals surface area contributed by atoms with Crippen LogP contribution in [0.4, 0.5) is 0 Å². The highest BCUT2D eigenvalue weighted by atomic mass is 32.1. The fraction of sp³-hybridized carbons (Fsp3) is 0.545. The van der Waals surface area contributed by atoms with Crippen LogP contribution < -0.4 is 10.4 Å². The molecule has 0 aliphatic carbocycles. The lowest BCUT2D eigenvalue weighted by molar-refractivity contribution is -0.304. The summed E-state index contributed by atoms with van der Waals surface area (Å²) in [7, 11) is 0. The summed E-state index contributed by atoms with van der Waals surface area (Å²) in [6, 6.07) is 0.144. The van der Waals surface area contributed by atoms with E-state index in [4.69, 9.17) is 0 Å². The van der Waals surface area contributed by atoms with Crippen molar-refractivity contribution >= 4 is 23.2 Å². The van der Waals surface area contributed by atoms with Crippen molar-refractivity contribution in [2.45, 2.75) is 39.2 Å². The Bertz CT molecular complexity index is 403. The van der Waals surface area contributed by atoms with E-state index in [1.165, 1.54) is 11.3 Å². The van der Waals surface area contributed by atoms with Crippen molar-refractivity contribution in [1.82, 2.24) is 10.3 Å². The lowest BCUT2D eigenvalue weighted by Crippen LogP contribution is -2.33. The molecule has 0 aromatic carbocycles. The van der Waals surface area contributed by atoms with Crippen LogP contribution in [0.15, 0.2) is 5.38 Å². The Kier molecular flexibility index (Phi) is 5.09. The molecule has 0 saturated carbocycles. The van der Waals surface area contributed by atoms with Gasteiger partial charge in [0, 0.05) is 23.8 Å². The molecule has 1 amide bonds. The lowest BCUT2D eigenvalue weighted by atomic mass is 10.2. The van der Waals surface area contributed by atoms with Crippen LogP contribution in [0.5, 0.6) is 0 Å². The number of carbonyl (C=O) groups is 2. The number of hydrogen-bond acceptors (Lipinski definition) is 5. The van der Waals surface area contributed by atoms with Crippen LogP contribution in [-0.2, 0) is 22.4 Å². The molecule has 5 nitrogen and oxygen atoms in total. The highest BCUT2D eigenvalue weighted by Crippen LogP contribution is 2.10. The summed E-state index contributed by atoms with van der Waals surface area (Å²) in [5.41, 5.74) is 0.446. The van der Waals surface area contributed by atoms with Crippen molar-refractivity contribution in [2.75, 3.05) is 0 Å². The first-order chi connectivity index (χ1) is 8.01. The normalized spacial score (nSPS) is 12.1. The van der Waals surface area contributed by atoms with Gasteiger partial charge in [0.15, 0.2) is 0 Å². The first-order valence-electron chi connectivity index (χ1n) is 5.43. The summed E-state index contributed by atoms with van der Waals surface area (Å²) in [5, 5.41) is 15.5. The van der Waals surface area contributed by atoms with Crippen LogP contribution in [0, 0.1) is 0 Å². The van der Waals surface area contributed by atoms with Gasteiger partial charge in [-0.1, -0.05) is 6.92 Å². The molecule has 1 rings (SSSR count). The molecular formula is C11H15N2O3S-. The van der Waals surface area contributed by atoms with Crippen LogP contribution in [0.2, 0.25) is 0 Å². The molecule has 1 aromatic heterocycles. The van der Waals surface area contributed by atoms with E-state index in [0.717, 1.165) is 6.42 Å². The van der Waals surface area contributed by atoms with Gasteiger partial charge < -0.3 is 15.2 Å². The number of carboxylic acid groups (broad SMARTS) is 1. The van der Waals surface area contributed by atoms with Crippen LogP contribution in [0.3, 0.4) is 0 Å².